The molecule has 0 radical (unpaired) electrons. The molecule has 0 heterocycles. The van der Waals surface area contributed by atoms with Gasteiger partial charge in [0.15, 0.2) is 0 Å². The minimum Gasteiger partial charge on any atom is -0.313 e. The highest BCUT2D eigenvalue weighted by atomic mass is 19.1. The first kappa shape index (κ1) is 14.9. The zero-order valence-electron chi connectivity index (χ0n) is 11.8. The summed E-state index contributed by atoms with van der Waals surface area (Å²) in [6, 6.07) is 6.92. The van der Waals surface area contributed by atoms with Crippen LogP contribution in [-0.2, 0) is 0 Å². The lowest BCUT2D eigenvalue weighted by Gasteiger charge is -2.14. The van der Waals surface area contributed by atoms with Crippen LogP contribution >= 0.6 is 0 Å². The van der Waals surface area contributed by atoms with Gasteiger partial charge in [0, 0.05) is 12.1 Å². The van der Waals surface area contributed by atoms with Gasteiger partial charge in [0.1, 0.15) is 5.82 Å². The summed E-state index contributed by atoms with van der Waals surface area (Å²) in [5.74, 6) is 0.899. The molecule has 0 aromatic heterocycles. The van der Waals surface area contributed by atoms with Crippen molar-refractivity contribution in [3.05, 3.63) is 41.2 Å². The van der Waals surface area contributed by atoms with Crippen molar-refractivity contribution in [1.82, 2.24) is 5.32 Å². The van der Waals surface area contributed by atoms with Crippen molar-refractivity contribution in [2.24, 2.45) is 11.8 Å². The fourth-order valence-electron chi connectivity index (χ4n) is 1.72. The molecule has 0 amide bonds. The molecule has 0 aliphatic heterocycles. The third-order valence-electron chi connectivity index (χ3n) is 2.87. The second kappa shape index (κ2) is 7.32. The van der Waals surface area contributed by atoms with E-state index in [1.54, 1.807) is 6.07 Å². The Labute approximate surface area is 110 Å². The van der Waals surface area contributed by atoms with Gasteiger partial charge in [-0.2, -0.15) is 0 Å². The second-order valence-corrected chi connectivity index (χ2v) is 5.42. The maximum absolute atomic E-state index is 13.6. The Hall–Kier alpha value is -1.15. The largest absolute Gasteiger partial charge is 0.313 e. The highest BCUT2D eigenvalue weighted by Gasteiger charge is 2.06. The summed E-state index contributed by atoms with van der Waals surface area (Å²) in [5.41, 5.74) is 1.91. The van der Waals surface area contributed by atoms with Crippen LogP contribution in [0.4, 0.5) is 4.39 Å². The quantitative estimate of drug-likeness (QED) is 0.800. The third-order valence-corrected chi connectivity index (χ3v) is 2.87. The van der Waals surface area contributed by atoms with E-state index in [0.29, 0.717) is 17.4 Å². The number of hydrogen-bond acceptors (Lipinski definition) is 1. The van der Waals surface area contributed by atoms with Gasteiger partial charge in [0.05, 0.1) is 0 Å². The van der Waals surface area contributed by atoms with Crippen LogP contribution in [0.1, 0.15) is 33.3 Å². The first-order valence-electron chi connectivity index (χ1n) is 6.66. The van der Waals surface area contributed by atoms with Crippen LogP contribution in [-0.4, -0.2) is 13.1 Å². The summed E-state index contributed by atoms with van der Waals surface area (Å²) in [7, 11) is 0. The first-order chi connectivity index (χ1) is 8.50. The van der Waals surface area contributed by atoms with Crippen LogP contribution in [0.5, 0.6) is 0 Å². The van der Waals surface area contributed by atoms with Crippen LogP contribution in [0.2, 0.25) is 0 Å². The van der Waals surface area contributed by atoms with Crippen molar-refractivity contribution in [2.75, 3.05) is 13.1 Å². The summed E-state index contributed by atoms with van der Waals surface area (Å²) < 4.78 is 13.6. The summed E-state index contributed by atoms with van der Waals surface area (Å²) in [4.78, 5) is 0. The molecule has 1 rings (SSSR count). The average molecular weight is 249 g/mol. The molecule has 1 nitrogen and oxygen atoms in total. The average Bonchev–Trinajstić information content (AvgIpc) is 2.29. The van der Waals surface area contributed by atoms with Gasteiger partial charge in [0.25, 0.3) is 0 Å². The van der Waals surface area contributed by atoms with Gasteiger partial charge in [-0.25, -0.2) is 4.39 Å². The molecule has 100 valence electrons. The first-order valence-corrected chi connectivity index (χ1v) is 6.66. The molecule has 0 aliphatic rings. The standard InChI is InChI=1S/C16H24FN/c1-12(2)10-18-11-15(13(3)4)9-14-7-5-6-8-16(14)17/h5-9,12-13,18H,10-11H2,1-4H3. The summed E-state index contributed by atoms with van der Waals surface area (Å²) >= 11 is 0. The topological polar surface area (TPSA) is 12.0 Å². The number of rotatable bonds is 6. The van der Waals surface area contributed by atoms with E-state index in [0.717, 1.165) is 13.1 Å². The Balaban J connectivity index is 2.75. The smallest absolute Gasteiger partial charge is 0.130 e. The Morgan fingerprint density at radius 1 is 1.22 bits per heavy atom. The normalized spacial score (nSPS) is 12.5. The highest BCUT2D eigenvalue weighted by Crippen LogP contribution is 2.16. The van der Waals surface area contributed by atoms with Crippen molar-refractivity contribution in [2.45, 2.75) is 27.7 Å². The van der Waals surface area contributed by atoms with E-state index in [2.05, 4.69) is 33.0 Å². The van der Waals surface area contributed by atoms with E-state index >= 15 is 0 Å². The van der Waals surface area contributed by atoms with Crippen LogP contribution in [0.25, 0.3) is 6.08 Å². The lowest BCUT2D eigenvalue weighted by molar-refractivity contribution is 0.558. The predicted octanol–water partition coefficient (Wildman–Crippen LogP) is 4.11. The van der Waals surface area contributed by atoms with Gasteiger partial charge < -0.3 is 5.32 Å². The molecule has 1 N–H and O–H groups in total. The molecule has 18 heavy (non-hydrogen) atoms. The molecule has 1 aromatic carbocycles. The number of hydrogen-bond donors (Lipinski definition) is 1. The van der Waals surface area contributed by atoms with Crippen LogP contribution in [0.15, 0.2) is 29.8 Å². The van der Waals surface area contributed by atoms with Crippen molar-refractivity contribution in [3.63, 3.8) is 0 Å². The molecule has 0 spiro atoms. The van der Waals surface area contributed by atoms with E-state index < -0.39 is 0 Å². The number of benzene rings is 1. The number of halogens is 1. The van der Waals surface area contributed by atoms with E-state index in [9.17, 15) is 4.39 Å². The Bertz CT molecular complexity index is 394. The minimum absolute atomic E-state index is 0.153. The maximum Gasteiger partial charge on any atom is 0.130 e. The fourth-order valence-corrected chi connectivity index (χ4v) is 1.72. The number of nitrogens with one attached hydrogen (secondary N) is 1. The zero-order chi connectivity index (χ0) is 13.5. The monoisotopic (exact) mass is 249 g/mol. The van der Waals surface area contributed by atoms with Crippen molar-refractivity contribution in [1.29, 1.82) is 0 Å². The van der Waals surface area contributed by atoms with Gasteiger partial charge in [-0.1, -0.05) is 57.5 Å². The van der Waals surface area contributed by atoms with Gasteiger partial charge in [0.2, 0.25) is 0 Å². The lowest BCUT2D eigenvalue weighted by atomic mass is 10.00. The summed E-state index contributed by atoms with van der Waals surface area (Å²) in [5, 5.41) is 3.42. The molecule has 0 aliphatic carbocycles. The van der Waals surface area contributed by atoms with Crippen molar-refractivity contribution in [3.8, 4) is 0 Å². The van der Waals surface area contributed by atoms with Gasteiger partial charge >= 0.3 is 0 Å². The van der Waals surface area contributed by atoms with E-state index in [1.807, 2.05) is 18.2 Å². The molecule has 2 heteroatoms. The molecule has 0 saturated heterocycles. The minimum atomic E-state index is -0.153. The van der Waals surface area contributed by atoms with Crippen LogP contribution < -0.4 is 5.32 Å². The van der Waals surface area contributed by atoms with Crippen molar-refractivity contribution < 1.29 is 4.39 Å². The Morgan fingerprint density at radius 2 is 1.89 bits per heavy atom. The molecular formula is C16H24FN. The fraction of sp³-hybridized carbons (Fsp3) is 0.500. The maximum atomic E-state index is 13.6. The molecular weight excluding hydrogens is 225 g/mol. The van der Waals surface area contributed by atoms with Crippen LogP contribution in [0, 0.1) is 17.7 Å². The van der Waals surface area contributed by atoms with Crippen molar-refractivity contribution >= 4 is 6.08 Å². The van der Waals surface area contributed by atoms with Gasteiger partial charge in [-0.05, 0) is 24.4 Å². The second-order valence-electron chi connectivity index (χ2n) is 5.42. The highest BCUT2D eigenvalue weighted by molar-refractivity contribution is 5.54. The Kier molecular flexibility index (Phi) is 6.06. The predicted molar refractivity (Wildman–Crippen MR) is 76.9 cm³/mol. The van der Waals surface area contributed by atoms with Crippen LogP contribution in [0.3, 0.4) is 0 Å². The SMILES string of the molecule is CC(C)CNCC(=Cc1ccccc1F)C(C)C. The van der Waals surface area contributed by atoms with Gasteiger partial charge in [-0.15, -0.1) is 0 Å². The lowest BCUT2D eigenvalue weighted by Crippen LogP contribution is -2.23. The molecule has 0 unspecified atom stereocenters. The molecule has 0 fully saturated rings. The molecule has 0 bridgehead atoms. The van der Waals surface area contributed by atoms with E-state index in [1.165, 1.54) is 11.6 Å². The Morgan fingerprint density at radius 3 is 2.44 bits per heavy atom. The van der Waals surface area contributed by atoms with Gasteiger partial charge in [-0.3, -0.25) is 0 Å². The zero-order valence-corrected chi connectivity index (χ0v) is 11.8. The van der Waals surface area contributed by atoms with E-state index in [4.69, 9.17) is 0 Å². The molecule has 0 saturated carbocycles. The summed E-state index contributed by atoms with van der Waals surface area (Å²) in [6.07, 6.45) is 1.97. The summed E-state index contributed by atoms with van der Waals surface area (Å²) in [6.45, 7) is 10.5. The third kappa shape index (κ3) is 5.01. The molecule has 1 aromatic rings. The molecule has 0 atom stereocenters. The van der Waals surface area contributed by atoms with E-state index in [-0.39, 0.29) is 5.82 Å².